The highest BCUT2D eigenvalue weighted by Crippen LogP contribution is 2.22. The van der Waals surface area contributed by atoms with Gasteiger partial charge in [0.15, 0.2) is 0 Å². The highest BCUT2D eigenvalue weighted by molar-refractivity contribution is 5.53. The van der Waals surface area contributed by atoms with Gasteiger partial charge in [0.1, 0.15) is 11.8 Å². The zero-order chi connectivity index (χ0) is 13.0. The van der Waals surface area contributed by atoms with Crippen molar-refractivity contribution in [1.29, 1.82) is 5.26 Å². The van der Waals surface area contributed by atoms with Gasteiger partial charge in [-0.2, -0.15) is 5.26 Å². The monoisotopic (exact) mass is 245 g/mol. The number of rotatable bonds is 4. The second-order valence-electron chi connectivity index (χ2n) is 4.78. The Hall–Kier alpha value is -1.73. The van der Waals surface area contributed by atoms with E-state index in [1.165, 1.54) is 19.4 Å². The maximum atomic E-state index is 9.00. The van der Waals surface area contributed by atoms with Crippen LogP contribution in [0.1, 0.15) is 24.8 Å². The second-order valence-corrected chi connectivity index (χ2v) is 4.78. The molecule has 0 aromatic heterocycles. The molecule has 2 N–H and O–H groups in total. The first-order valence-corrected chi connectivity index (χ1v) is 6.33. The Morgan fingerprint density at radius 2 is 2.39 bits per heavy atom. The molecule has 1 unspecified atom stereocenters. The van der Waals surface area contributed by atoms with Crippen molar-refractivity contribution in [3.05, 3.63) is 23.8 Å². The Bertz CT molecular complexity index is 453. The fourth-order valence-electron chi connectivity index (χ4n) is 2.41. The van der Waals surface area contributed by atoms with Crippen LogP contribution in [0.3, 0.4) is 0 Å². The molecule has 0 bridgehead atoms. The van der Waals surface area contributed by atoms with E-state index < -0.39 is 0 Å². The van der Waals surface area contributed by atoms with Crippen molar-refractivity contribution >= 4 is 5.69 Å². The van der Waals surface area contributed by atoms with Gasteiger partial charge in [-0.05, 0) is 51.1 Å². The Labute approximate surface area is 108 Å². The van der Waals surface area contributed by atoms with Crippen LogP contribution in [0.2, 0.25) is 0 Å². The normalized spacial score (nSPS) is 19.7. The number of nitrogen functional groups attached to an aromatic ring is 1. The van der Waals surface area contributed by atoms with Crippen molar-refractivity contribution < 1.29 is 4.74 Å². The molecule has 96 valence electrons. The fourth-order valence-corrected chi connectivity index (χ4v) is 2.41. The van der Waals surface area contributed by atoms with Crippen molar-refractivity contribution in [2.24, 2.45) is 0 Å². The lowest BCUT2D eigenvalue weighted by Gasteiger charge is -2.19. The van der Waals surface area contributed by atoms with E-state index in [4.69, 9.17) is 15.7 Å². The first-order chi connectivity index (χ1) is 8.70. The summed E-state index contributed by atoms with van der Waals surface area (Å²) in [6.07, 6.45) is 3.52. The van der Waals surface area contributed by atoms with Gasteiger partial charge in [0, 0.05) is 11.7 Å². The molecule has 1 aromatic rings. The molecule has 0 amide bonds. The lowest BCUT2D eigenvalue weighted by atomic mass is 10.1. The van der Waals surface area contributed by atoms with E-state index in [-0.39, 0.29) is 0 Å². The molecule has 1 heterocycles. The summed E-state index contributed by atoms with van der Waals surface area (Å²) in [6, 6.07) is 7.91. The van der Waals surface area contributed by atoms with Crippen LogP contribution < -0.4 is 10.5 Å². The molecule has 0 spiro atoms. The summed E-state index contributed by atoms with van der Waals surface area (Å²) in [4.78, 5) is 2.37. The average Bonchev–Trinajstić information content (AvgIpc) is 2.77. The van der Waals surface area contributed by atoms with E-state index in [9.17, 15) is 0 Å². The molecule has 4 nitrogen and oxygen atoms in total. The van der Waals surface area contributed by atoms with Gasteiger partial charge in [-0.3, -0.25) is 0 Å². The first-order valence-electron chi connectivity index (χ1n) is 6.33. The number of anilines is 1. The molecule has 0 saturated carbocycles. The number of benzene rings is 1. The van der Waals surface area contributed by atoms with Crippen molar-refractivity contribution in [1.82, 2.24) is 4.90 Å². The number of hydrogen-bond donors (Lipinski definition) is 1. The van der Waals surface area contributed by atoms with Gasteiger partial charge in [-0.1, -0.05) is 0 Å². The van der Waals surface area contributed by atoms with Crippen LogP contribution in [-0.4, -0.2) is 31.1 Å². The topological polar surface area (TPSA) is 62.3 Å². The van der Waals surface area contributed by atoms with Crippen molar-refractivity contribution in [3.63, 3.8) is 0 Å². The highest BCUT2D eigenvalue weighted by atomic mass is 16.5. The van der Waals surface area contributed by atoms with E-state index >= 15 is 0 Å². The number of likely N-dealkylation sites (tertiary alicyclic amines) is 1. The fraction of sp³-hybridized carbons (Fsp3) is 0.500. The lowest BCUT2D eigenvalue weighted by Crippen LogP contribution is -2.26. The number of nitrogens with zero attached hydrogens (tertiary/aromatic N) is 2. The van der Waals surface area contributed by atoms with Crippen molar-refractivity contribution in [2.45, 2.75) is 25.3 Å². The van der Waals surface area contributed by atoms with Crippen LogP contribution in [-0.2, 0) is 0 Å². The smallest absolute Gasteiger partial charge is 0.137 e. The minimum absolute atomic E-state index is 0.509. The number of hydrogen-bond acceptors (Lipinski definition) is 4. The largest absolute Gasteiger partial charge is 0.492 e. The third kappa shape index (κ3) is 2.93. The third-order valence-corrected chi connectivity index (χ3v) is 3.50. The Morgan fingerprint density at radius 1 is 1.56 bits per heavy atom. The van der Waals surface area contributed by atoms with E-state index in [0.29, 0.717) is 29.6 Å². The quantitative estimate of drug-likeness (QED) is 0.824. The zero-order valence-corrected chi connectivity index (χ0v) is 10.7. The lowest BCUT2D eigenvalue weighted by molar-refractivity contribution is 0.233. The van der Waals surface area contributed by atoms with Crippen molar-refractivity contribution in [3.8, 4) is 11.8 Å². The predicted molar refractivity (Wildman–Crippen MR) is 71.3 cm³/mol. The van der Waals surface area contributed by atoms with Gasteiger partial charge < -0.3 is 15.4 Å². The molecule has 2 rings (SSSR count). The van der Waals surface area contributed by atoms with E-state index in [2.05, 4.69) is 18.0 Å². The minimum Gasteiger partial charge on any atom is -0.492 e. The van der Waals surface area contributed by atoms with Gasteiger partial charge >= 0.3 is 0 Å². The molecular formula is C14H19N3O. The van der Waals surface area contributed by atoms with Crippen LogP contribution in [0.4, 0.5) is 5.69 Å². The summed E-state index contributed by atoms with van der Waals surface area (Å²) < 4.78 is 5.69. The summed E-state index contributed by atoms with van der Waals surface area (Å²) in [6.45, 7) is 1.82. The van der Waals surface area contributed by atoms with Crippen LogP contribution in [0.15, 0.2) is 18.2 Å². The second kappa shape index (κ2) is 5.74. The summed E-state index contributed by atoms with van der Waals surface area (Å²) in [7, 11) is 2.15. The summed E-state index contributed by atoms with van der Waals surface area (Å²) >= 11 is 0. The molecule has 18 heavy (non-hydrogen) atoms. The molecule has 1 fully saturated rings. The molecule has 1 aliphatic heterocycles. The van der Waals surface area contributed by atoms with E-state index in [1.807, 2.05) is 0 Å². The van der Waals surface area contributed by atoms with Crippen LogP contribution >= 0.6 is 0 Å². The highest BCUT2D eigenvalue weighted by Gasteiger charge is 2.20. The average molecular weight is 245 g/mol. The summed E-state index contributed by atoms with van der Waals surface area (Å²) in [5, 5.41) is 9.00. The van der Waals surface area contributed by atoms with Gasteiger partial charge in [0.05, 0.1) is 12.2 Å². The van der Waals surface area contributed by atoms with Crippen LogP contribution in [0.5, 0.6) is 5.75 Å². The van der Waals surface area contributed by atoms with Gasteiger partial charge in [0.25, 0.3) is 0 Å². The zero-order valence-electron chi connectivity index (χ0n) is 10.7. The number of ether oxygens (including phenoxy) is 1. The SMILES string of the molecule is CN1CCCC1CCOc1ccc(N)cc1C#N. The Balaban J connectivity index is 1.88. The molecule has 1 aliphatic rings. The maximum Gasteiger partial charge on any atom is 0.137 e. The summed E-state index contributed by atoms with van der Waals surface area (Å²) in [5.41, 5.74) is 6.74. The van der Waals surface area contributed by atoms with Crippen LogP contribution in [0, 0.1) is 11.3 Å². The van der Waals surface area contributed by atoms with Crippen molar-refractivity contribution in [2.75, 3.05) is 25.9 Å². The first kappa shape index (κ1) is 12.7. The molecule has 0 radical (unpaired) electrons. The van der Waals surface area contributed by atoms with E-state index in [0.717, 1.165) is 6.42 Å². The van der Waals surface area contributed by atoms with Gasteiger partial charge in [0.2, 0.25) is 0 Å². The van der Waals surface area contributed by atoms with Gasteiger partial charge in [-0.15, -0.1) is 0 Å². The number of nitriles is 1. The maximum absolute atomic E-state index is 9.00. The molecule has 1 atom stereocenters. The standard InChI is InChI=1S/C14H19N3O/c1-17-7-2-3-13(17)6-8-18-14-5-4-12(16)9-11(14)10-15/h4-5,9,13H,2-3,6-8,16H2,1H3. The van der Waals surface area contributed by atoms with Crippen LogP contribution in [0.25, 0.3) is 0 Å². The van der Waals surface area contributed by atoms with E-state index in [1.54, 1.807) is 18.2 Å². The minimum atomic E-state index is 0.509. The Morgan fingerprint density at radius 3 is 3.06 bits per heavy atom. The number of nitrogens with two attached hydrogens (primary N) is 1. The molecule has 1 saturated heterocycles. The van der Waals surface area contributed by atoms with Gasteiger partial charge in [-0.25, -0.2) is 0 Å². The molecule has 1 aromatic carbocycles. The predicted octanol–water partition coefficient (Wildman–Crippen LogP) is 2.00. The molecule has 4 heteroatoms. The third-order valence-electron chi connectivity index (χ3n) is 3.50. The summed E-state index contributed by atoms with van der Waals surface area (Å²) in [5.74, 6) is 0.632. The Kier molecular flexibility index (Phi) is 4.06. The molecular weight excluding hydrogens is 226 g/mol. The molecule has 0 aliphatic carbocycles.